The van der Waals surface area contributed by atoms with E-state index in [9.17, 15) is 28.7 Å². The Morgan fingerprint density at radius 1 is 0.739 bits per heavy atom. The largest absolute Gasteiger partial charge is 0.507 e. The van der Waals surface area contributed by atoms with Gasteiger partial charge < -0.3 is 5.11 Å². The SMILES string of the molecule is O=C1[C@H]2[C@H](CC=C3[C@H]2C[C@@]2(Cl)C(=O)N(c4ccc(F)cc4)C(=O)[C@@]2(Cl)[C@H]3c2ccc3ccccc3c2O)C(=O)N1c1ccccc1. The smallest absolute Gasteiger partial charge is 0.258 e. The van der Waals surface area contributed by atoms with Gasteiger partial charge in [-0.15, -0.1) is 23.2 Å². The molecule has 0 bridgehead atoms. The van der Waals surface area contributed by atoms with Gasteiger partial charge >= 0.3 is 0 Å². The van der Waals surface area contributed by atoms with Crippen LogP contribution in [-0.4, -0.2) is 38.5 Å². The Kier molecular flexibility index (Phi) is 6.27. The van der Waals surface area contributed by atoms with Crippen LogP contribution in [0.25, 0.3) is 10.8 Å². The van der Waals surface area contributed by atoms with E-state index in [4.69, 9.17) is 23.2 Å². The van der Waals surface area contributed by atoms with Crippen LogP contribution < -0.4 is 9.80 Å². The van der Waals surface area contributed by atoms with Crippen molar-refractivity contribution >= 4 is 69.0 Å². The molecule has 10 heteroatoms. The Hall–Kier alpha value is -4.53. The molecule has 1 N–H and O–H groups in total. The fraction of sp³-hybridized carbons (Fsp3) is 0.222. The van der Waals surface area contributed by atoms with E-state index in [1.165, 1.54) is 17.0 Å². The zero-order chi connectivity index (χ0) is 32.1. The standard InChI is InChI=1S/C36H25Cl2FN2O5/c37-35-18-27-24(16-17-25-28(27)32(44)40(31(25)43)21-7-2-1-3-8-21)29(26-15-10-19-6-4-5-9-23(19)30(26)42)36(35,38)34(46)41(33(35)45)22-13-11-20(39)12-14-22/h1-16,25,27-29,42H,17-18H2/t25-,27+,28-,29+,35+,36-/m0/s1. The van der Waals surface area contributed by atoms with Crippen molar-refractivity contribution in [1.29, 1.82) is 0 Å². The number of phenolic OH excluding ortho intramolecular Hbond substituents is 1. The summed E-state index contributed by atoms with van der Waals surface area (Å²) < 4.78 is 13.9. The highest BCUT2D eigenvalue weighted by Gasteiger charge is 2.77. The number of fused-ring (bicyclic) bond motifs is 5. The molecular weight excluding hydrogens is 630 g/mol. The first kappa shape index (κ1) is 28.9. The number of aromatic hydroxyl groups is 1. The van der Waals surface area contributed by atoms with E-state index >= 15 is 0 Å². The predicted molar refractivity (Wildman–Crippen MR) is 171 cm³/mol. The Balaban J connectivity index is 1.34. The molecule has 1 saturated carbocycles. The minimum atomic E-state index is -2.14. The molecule has 6 atom stereocenters. The summed E-state index contributed by atoms with van der Waals surface area (Å²) in [5.74, 6) is -6.60. The van der Waals surface area contributed by atoms with E-state index in [0.29, 0.717) is 16.6 Å². The Bertz CT molecular complexity index is 2040. The number of allylic oxidation sites excluding steroid dienone is 2. The van der Waals surface area contributed by atoms with Crippen LogP contribution in [0.4, 0.5) is 15.8 Å². The molecule has 7 nitrogen and oxygen atoms in total. The van der Waals surface area contributed by atoms with Crippen LogP contribution >= 0.6 is 23.2 Å². The number of hydrogen-bond donors (Lipinski definition) is 1. The molecule has 4 aliphatic rings. The second-order valence-electron chi connectivity index (χ2n) is 12.3. The molecule has 4 aromatic rings. The zero-order valence-electron chi connectivity index (χ0n) is 24.1. The van der Waals surface area contributed by atoms with E-state index < -0.39 is 57.0 Å². The van der Waals surface area contributed by atoms with Crippen LogP contribution in [0.2, 0.25) is 0 Å². The highest BCUT2D eigenvalue weighted by Crippen LogP contribution is 2.66. The number of halogens is 3. The van der Waals surface area contributed by atoms with Crippen molar-refractivity contribution in [3.05, 3.63) is 114 Å². The highest BCUT2D eigenvalue weighted by molar-refractivity contribution is 6.58. The fourth-order valence-electron chi connectivity index (χ4n) is 8.08. The van der Waals surface area contributed by atoms with Crippen molar-refractivity contribution in [3.8, 4) is 5.75 Å². The van der Waals surface area contributed by atoms with Crippen LogP contribution in [0, 0.1) is 23.6 Å². The maximum Gasteiger partial charge on any atom is 0.258 e. The molecule has 0 aromatic heterocycles. The Morgan fingerprint density at radius 3 is 2.15 bits per heavy atom. The third kappa shape index (κ3) is 3.65. The molecule has 2 saturated heterocycles. The molecule has 4 amide bonds. The van der Waals surface area contributed by atoms with Crippen molar-refractivity contribution in [2.24, 2.45) is 17.8 Å². The number of phenols is 1. The number of alkyl halides is 2. The molecule has 230 valence electrons. The van der Waals surface area contributed by atoms with Crippen molar-refractivity contribution in [2.75, 3.05) is 9.80 Å². The summed E-state index contributed by atoms with van der Waals surface area (Å²) in [7, 11) is 0. The fourth-order valence-corrected chi connectivity index (χ4v) is 9.01. The van der Waals surface area contributed by atoms with Gasteiger partial charge in [0.2, 0.25) is 11.8 Å². The second-order valence-corrected chi connectivity index (χ2v) is 13.6. The molecule has 0 radical (unpaired) electrons. The molecule has 0 spiro atoms. The number of hydrogen-bond acceptors (Lipinski definition) is 5. The average Bonchev–Trinajstić information content (AvgIpc) is 3.40. The van der Waals surface area contributed by atoms with Crippen LogP contribution in [-0.2, 0) is 19.2 Å². The van der Waals surface area contributed by atoms with Gasteiger partial charge in [0.1, 0.15) is 11.6 Å². The van der Waals surface area contributed by atoms with Gasteiger partial charge in [-0.3, -0.25) is 24.1 Å². The quantitative estimate of drug-likeness (QED) is 0.156. The maximum atomic E-state index is 14.5. The number of nitrogens with zero attached hydrogens (tertiary/aromatic N) is 2. The summed E-state index contributed by atoms with van der Waals surface area (Å²) in [5, 5.41) is 13.0. The first-order valence-corrected chi connectivity index (χ1v) is 15.7. The van der Waals surface area contributed by atoms with Crippen molar-refractivity contribution in [3.63, 3.8) is 0 Å². The van der Waals surface area contributed by atoms with Crippen LogP contribution in [0.3, 0.4) is 0 Å². The van der Waals surface area contributed by atoms with Gasteiger partial charge in [-0.1, -0.05) is 66.2 Å². The van der Waals surface area contributed by atoms with Crippen molar-refractivity contribution in [2.45, 2.75) is 28.5 Å². The average molecular weight is 656 g/mol. The molecule has 46 heavy (non-hydrogen) atoms. The van der Waals surface area contributed by atoms with E-state index in [2.05, 4.69) is 0 Å². The molecule has 2 aliphatic carbocycles. The lowest BCUT2D eigenvalue weighted by molar-refractivity contribution is -0.125. The summed E-state index contributed by atoms with van der Waals surface area (Å²) in [6.07, 6.45) is 1.81. The number of rotatable bonds is 3. The molecule has 8 rings (SSSR count). The lowest BCUT2D eigenvalue weighted by Gasteiger charge is -2.50. The van der Waals surface area contributed by atoms with Gasteiger partial charge in [0.05, 0.1) is 23.2 Å². The number of carbonyl (C=O) groups excluding carboxylic acids is 4. The van der Waals surface area contributed by atoms with Crippen LogP contribution in [0.1, 0.15) is 24.3 Å². The van der Waals surface area contributed by atoms with E-state index in [1.54, 1.807) is 54.6 Å². The number of amides is 4. The minimum Gasteiger partial charge on any atom is -0.507 e. The molecule has 0 unspecified atom stereocenters. The molecule has 2 heterocycles. The van der Waals surface area contributed by atoms with Crippen LogP contribution in [0.5, 0.6) is 5.75 Å². The van der Waals surface area contributed by atoms with Gasteiger partial charge in [0.15, 0.2) is 9.75 Å². The molecule has 3 fully saturated rings. The van der Waals surface area contributed by atoms with E-state index in [0.717, 1.165) is 22.4 Å². The monoisotopic (exact) mass is 654 g/mol. The topological polar surface area (TPSA) is 95.0 Å². The Labute approximate surface area is 272 Å². The number of anilines is 2. The lowest BCUT2D eigenvalue weighted by atomic mass is 9.56. The highest BCUT2D eigenvalue weighted by atomic mass is 35.5. The summed E-state index contributed by atoms with van der Waals surface area (Å²) in [4.78, 5) is 54.7. The van der Waals surface area contributed by atoms with Crippen LogP contribution in [0.15, 0.2) is 103 Å². The normalized spacial score (nSPS) is 30.4. The first-order chi connectivity index (χ1) is 22.1. The van der Waals surface area contributed by atoms with E-state index in [-0.39, 0.29) is 35.7 Å². The third-order valence-corrected chi connectivity index (χ3v) is 11.6. The van der Waals surface area contributed by atoms with Gasteiger partial charge in [-0.25, -0.2) is 9.29 Å². The van der Waals surface area contributed by atoms with Crippen molar-refractivity contribution in [1.82, 2.24) is 0 Å². The first-order valence-electron chi connectivity index (χ1n) is 14.9. The summed E-state index contributed by atoms with van der Waals surface area (Å²) in [6.45, 7) is 0. The molecule has 4 aromatic carbocycles. The van der Waals surface area contributed by atoms with E-state index in [1.807, 2.05) is 18.2 Å². The third-order valence-electron chi connectivity index (χ3n) is 10.2. The van der Waals surface area contributed by atoms with Crippen molar-refractivity contribution < 1.29 is 28.7 Å². The Morgan fingerprint density at radius 2 is 1.41 bits per heavy atom. The zero-order valence-corrected chi connectivity index (χ0v) is 25.6. The second kappa shape index (κ2) is 9.98. The lowest BCUT2D eigenvalue weighted by Crippen LogP contribution is -2.60. The van der Waals surface area contributed by atoms with Gasteiger partial charge in [0, 0.05) is 16.9 Å². The molecule has 2 aliphatic heterocycles. The number of benzene rings is 4. The molecular formula is C36H25Cl2FN2O5. The summed E-state index contributed by atoms with van der Waals surface area (Å²) >= 11 is 14.8. The summed E-state index contributed by atoms with van der Waals surface area (Å²) in [5.41, 5.74) is 1.36. The number of imide groups is 2. The summed E-state index contributed by atoms with van der Waals surface area (Å²) in [6, 6.07) is 24.1. The van der Waals surface area contributed by atoms with Gasteiger partial charge in [-0.2, -0.15) is 0 Å². The van der Waals surface area contributed by atoms with Gasteiger partial charge in [0.25, 0.3) is 11.8 Å². The maximum absolute atomic E-state index is 14.5. The minimum absolute atomic E-state index is 0.0875. The predicted octanol–water partition coefficient (Wildman–Crippen LogP) is 6.45. The number of para-hydroxylation sites is 1. The number of carbonyl (C=O) groups is 4. The van der Waals surface area contributed by atoms with Gasteiger partial charge in [-0.05, 0) is 60.5 Å².